The van der Waals surface area contributed by atoms with Crippen LogP contribution in [0.25, 0.3) is 17.0 Å². The SMILES string of the molecule is CCN1/C(=C\C=C2C=C(/C=C/c3cc[n+](CC)c4ccc(C(F)(F)F)cc34)CCC\2)Sc2ccccc21. The number of halogens is 3. The first-order chi connectivity index (χ1) is 17.9. The second-order valence-electron chi connectivity index (χ2n) is 9.25. The van der Waals surface area contributed by atoms with Gasteiger partial charge in [0.25, 0.3) is 0 Å². The fourth-order valence-corrected chi connectivity index (χ4v) is 6.10. The molecule has 2 aromatic carbocycles. The molecule has 0 unspecified atom stereocenters. The van der Waals surface area contributed by atoms with Gasteiger partial charge in [0.05, 0.1) is 21.7 Å². The fourth-order valence-electron chi connectivity index (χ4n) is 4.98. The summed E-state index contributed by atoms with van der Waals surface area (Å²) in [5.41, 5.74) is 4.70. The van der Waals surface area contributed by atoms with Gasteiger partial charge in [0.1, 0.15) is 6.54 Å². The molecule has 0 atom stereocenters. The zero-order valence-corrected chi connectivity index (χ0v) is 21.9. The van der Waals surface area contributed by atoms with Crippen LogP contribution in [0.1, 0.15) is 44.2 Å². The van der Waals surface area contributed by atoms with E-state index >= 15 is 0 Å². The summed E-state index contributed by atoms with van der Waals surface area (Å²) in [6.45, 7) is 5.77. The van der Waals surface area contributed by atoms with Crippen molar-refractivity contribution in [2.75, 3.05) is 11.4 Å². The number of rotatable bonds is 5. The van der Waals surface area contributed by atoms with Gasteiger partial charge in [0.2, 0.25) is 5.52 Å². The van der Waals surface area contributed by atoms with Crippen molar-refractivity contribution in [1.82, 2.24) is 0 Å². The molecule has 6 heteroatoms. The minimum atomic E-state index is -4.37. The Labute approximate surface area is 220 Å². The van der Waals surface area contributed by atoms with E-state index in [0.29, 0.717) is 11.9 Å². The second kappa shape index (κ2) is 10.6. The molecule has 1 aromatic heterocycles. The number of nitrogens with zero attached hydrogens (tertiary/aromatic N) is 2. The van der Waals surface area contributed by atoms with Crippen LogP contribution in [0.4, 0.5) is 18.9 Å². The quantitative estimate of drug-likeness (QED) is 0.311. The summed E-state index contributed by atoms with van der Waals surface area (Å²) in [7, 11) is 0. The number of benzene rings is 2. The van der Waals surface area contributed by atoms with Crippen molar-refractivity contribution in [2.24, 2.45) is 0 Å². The van der Waals surface area contributed by atoms with Crippen LogP contribution in [0.2, 0.25) is 0 Å². The van der Waals surface area contributed by atoms with Gasteiger partial charge in [-0.15, -0.1) is 0 Å². The average Bonchev–Trinajstić information content (AvgIpc) is 3.27. The number of hydrogen-bond donors (Lipinski definition) is 0. The molecule has 2 heterocycles. The van der Waals surface area contributed by atoms with Gasteiger partial charge in [-0.3, -0.25) is 0 Å². The van der Waals surface area contributed by atoms with E-state index in [2.05, 4.69) is 60.4 Å². The molecule has 2 nitrogen and oxygen atoms in total. The Hall–Kier alpha value is -3.25. The first-order valence-electron chi connectivity index (χ1n) is 12.7. The number of allylic oxidation sites excluding steroid dienone is 6. The largest absolute Gasteiger partial charge is 0.416 e. The summed E-state index contributed by atoms with van der Waals surface area (Å²) in [5.74, 6) is 0. The van der Waals surface area contributed by atoms with E-state index in [1.165, 1.54) is 32.8 Å². The minimum Gasteiger partial charge on any atom is -0.335 e. The lowest BCUT2D eigenvalue weighted by Crippen LogP contribution is -2.32. The lowest BCUT2D eigenvalue weighted by atomic mass is 9.94. The molecule has 5 rings (SSSR count). The molecule has 0 saturated heterocycles. The molecule has 0 fully saturated rings. The van der Waals surface area contributed by atoms with Crippen LogP contribution < -0.4 is 9.47 Å². The Balaban J connectivity index is 1.42. The maximum atomic E-state index is 13.4. The number of aromatic nitrogens is 1. The molecule has 0 N–H and O–H groups in total. The third-order valence-corrected chi connectivity index (χ3v) is 8.02. The maximum absolute atomic E-state index is 13.4. The molecule has 37 heavy (non-hydrogen) atoms. The number of hydrogen-bond acceptors (Lipinski definition) is 2. The molecule has 3 aromatic rings. The van der Waals surface area contributed by atoms with Gasteiger partial charge in [-0.05, 0) is 80.2 Å². The van der Waals surface area contributed by atoms with E-state index in [1.54, 1.807) is 17.8 Å². The van der Waals surface area contributed by atoms with Crippen molar-refractivity contribution in [1.29, 1.82) is 0 Å². The molecule has 0 bridgehead atoms. The highest BCUT2D eigenvalue weighted by atomic mass is 32.2. The Kier molecular flexibility index (Phi) is 7.29. The summed E-state index contributed by atoms with van der Waals surface area (Å²) in [5, 5.41) is 1.84. The Morgan fingerprint density at radius 2 is 1.84 bits per heavy atom. The van der Waals surface area contributed by atoms with Crippen LogP contribution in [0.3, 0.4) is 0 Å². The van der Waals surface area contributed by atoms with Gasteiger partial charge in [-0.25, -0.2) is 0 Å². The average molecular weight is 520 g/mol. The van der Waals surface area contributed by atoms with Gasteiger partial charge < -0.3 is 4.90 Å². The lowest BCUT2D eigenvalue weighted by molar-refractivity contribution is -0.667. The van der Waals surface area contributed by atoms with E-state index in [-0.39, 0.29) is 0 Å². The van der Waals surface area contributed by atoms with Crippen molar-refractivity contribution in [3.63, 3.8) is 0 Å². The Morgan fingerprint density at radius 3 is 2.62 bits per heavy atom. The van der Waals surface area contributed by atoms with E-state index in [0.717, 1.165) is 43.0 Å². The van der Waals surface area contributed by atoms with Crippen LogP contribution in [-0.4, -0.2) is 6.54 Å². The highest BCUT2D eigenvalue weighted by Crippen LogP contribution is 2.45. The minimum absolute atomic E-state index is 0.616. The number of fused-ring (bicyclic) bond motifs is 2. The van der Waals surface area contributed by atoms with Gasteiger partial charge in [0.15, 0.2) is 6.20 Å². The van der Waals surface area contributed by atoms with Gasteiger partial charge >= 0.3 is 6.18 Å². The lowest BCUT2D eigenvalue weighted by Gasteiger charge is -2.18. The van der Waals surface area contributed by atoms with E-state index in [9.17, 15) is 13.2 Å². The number of alkyl halides is 3. The van der Waals surface area contributed by atoms with Crippen molar-refractivity contribution in [2.45, 2.75) is 50.7 Å². The maximum Gasteiger partial charge on any atom is 0.416 e. The van der Waals surface area contributed by atoms with Crippen molar-refractivity contribution < 1.29 is 17.7 Å². The summed E-state index contributed by atoms with van der Waals surface area (Å²) in [6, 6.07) is 14.4. The fraction of sp³-hybridized carbons (Fsp3) is 0.258. The van der Waals surface area contributed by atoms with Crippen LogP contribution in [-0.2, 0) is 12.7 Å². The van der Waals surface area contributed by atoms with Crippen molar-refractivity contribution in [3.05, 3.63) is 106 Å². The van der Waals surface area contributed by atoms with E-state index in [4.69, 9.17) is 0 Å². The molecule has 1 aliphatic carbocycles. The topological polar surface area (TPSA) is 7.12 Å². The number of para-hydroxylation sites is 1. The molecule has 0 amide bonds. The first-order valence-corrected chi connectivity index (χ1v) is 13.6. The standard InChI is InChI=1S/C31H30F3N2S/c1-3-35-19-18-24(26-21-25(31(32,33)34)15-16-27(26)35)14-12-22-8-7-9-23(20-22)13-17-30-36(4-2)28-10-5-6-11-29(28)37-30/h5-6,10-21H,3-4,7-9H2,1-2H3/q+1. The third kappa shape index (κ3) is 5.40. The van der Waals surface area contributed by atoms with Gasteiger partial charge in [0, 0.05) is 23.6 Å². The Morgan fingerprint density at radius 1 is 1.00 bits per heavy atom. The molecule has 190 valence electrons. The van der Waals surface area contributed by atoms with Crippen LogP contribution in [0.15, 0.2) is 100 Å². The monoisotopic (exact) mass is 519 g/mol. The zero-order chi connectivity index (χ0) is 26.0. The molecule has 0 spiro atoms. The molecule has 0 radical (unpaired) electrons. The first kappa shape index (κ1) is 25.4. The smallest absolute Gasteiger partial charge is 0.335 e. The third-order valence-electron chi connectivity index (χ3n) is 6.89. The van der Waals surface area contributed by atoms with Gasteiger partial charge in [-0.1, -0.05) is 48.2 Å². The molecule has 2 aliphatic rings. The number of thioether (sulfide) groups is 1. The van der Waals surface area contributed by atoms with Crippen molar-refractivity contribution >= 4 is 34.4 Å². The number of aryl methyl sites for hydroxylation is 1. The molecular formula is C31H30F3N2S+. The summed E-state index contributed by atoms with van der Waals surface area (Å²) >= 11 is 1.80. The molecular weight excluding hydrogens is 489 g/mol. The van der Waals surface area contributed by atoms with E-state index < -0.39 is 11.7 Å². The summed E-state index contributed by atoms with van der Waals surface area (Å²) in [6.07, 6.45) is 11.3. The van der Waals surface area contributed by atoms with Crippen molar-refractivity contribution in [3.8, 4) is 0 Å². The number of pyridine rings is 1. The molecule has 1 aliphatic heterocycles. The predicted octanol–water partition coefficient (Wildman–Crippen LogP) is 8.69. The summed E-state index contributed by atoms with van der Waals surface area (Å²) < 4.78 is 42.2. The highest BCUT2D eigenvalue weighted by Gasteiger charge is 2.31. The van der Waals surface area contributed by atoms with E-state index in [1.807, 2.05) is 29.8 Å². The Bertz CT molecular complexity index is 1450. The normalized spacial score (nSPS) is 18.3. The molecule has 0 saturated carbocycles. The second-order valence-corrected chi connectivity index (χ2v) is 10.3. The van der Waals surface area contributed by atoms with Crippen LogP contribution in [0.5, 0.6) is 0 Å². The number of anilines is 1. The van der Waals surface area contributed by atoms with Gasteiger partial charge in [-0.2, -0.15) is 17.7 Å². The zero-order valence-electron chi connectivity index (χ0n) is 21.1. The van der Waals surface area contributed by atoms with Crippen LogP contribution >= 0.6 is 11.8 Å². The highest BCUT2D eigenvalue weighted by molar-refractivity contribution is 8.03. The summed E-state index contributed by atoms with van der Waals surface area (Å²) in [4.78, 5) is 3.62. The van der Waals surface area contributed by atoms with Crippen LogP contribution in [0, 0.1) is 0 Å². The predicted molar refractivity (Wildman–Crippen MR) is 147 cm³/mol.